The number of nitrogens with zero attached hydrogens (tertiary/aromatic N) is 4. The van der Waals surface area contributed by atoms with E-state index >= 15 is 0 Å². The molecule has 0 amide bonds. The third-order valence-corrected chi connectivity index (χ3v) is 7.38. The average Bonchev–Trinajstić information content (AvgIpc) is 3.01. The van der Waals surface area contributed by atoms with E-state index in [9.17, 15) is 0 Å². The lowest BCUT2D eigenvalue weighted by atomic mass is 10.1. The monoisotopic (exact) mass is 410 g/mol. The van der Waals surface area contributed by atoms with Crippen molar-refractivity contribution in [3.8, 4) is 5.75 Å². The van der Waals surface area contributed by atoms with Crippen LogP contribution < -0.4 is 14.5 Å². The second-order valence-electron chi connectivity index (χ2n) is 8.24. The van der Waals surface area contributed by atoms with Crippen LogP contribution in [0.15, 0.2) is 53.5 Å². The van der Waals surface area contributed by atoms with Crippen molar-refractivity contribution in [1.82, 2.24) is 4.90 Å². The summed E-state index contributed by atoms with van der Waals surface area (Å²) in [5.41, 5.74) is 3.74. The van der Waals surface area contributed by atoms with Crippen LogP contribution in [-0.4, -0.2) is 61.7 Å². The molecular formula is C23H30N4OS. The molecular weight excluding hydrogens is 380 g/mol. The summed E-state index contributed by atoms with van der Waals surface area (Å²) < 4.78 is 5.26. The topological polar surface area (TPSA) is 31.3 Å². The summed E-state index contributed by atoms with van der Waals surface area (Å²) >= 11 is 1.84. The number of benzene rings is 2. The highest BCUT2D eigenvalue weighted by Crippen LogP contribution is 2.33. The van der Waals surface area contributed by atoms with Gasteiger partial charge < -0.3 is 19.4 Å². The molecule has 0 unspecified atom stereocenters. The zero-order chi connectivity index (χ0) is 20.4. The smallest absolute Gasteiger partial charge is 0.164 e. The summed E-state index contributed by atoms with van der Waals surface area (Å²) in [6.07, 6.45) is 0. The molecule has 2 fully saturated rings. The lowest BCUT2D eigenvalue weighted by Gasteiger charge is -2.37. The molecule has 2 aliphatic heterocycles. The van der Waals surface area contributed by atoms with E-state index in [4.69, 9.17) is 9.73 Å². The Morgan fingerprint density at radius 2 is 1.38 bits per heavy atom. The minimum atomic E-state index is 0.174. The molecule has 2 aromatic rings. The van der Waals surface area contributed by atoms with Crippen LogP contribution in [0, 0.1) is 0 Å². The summed E-state index contributed by atoms with van der Waals surface area (Å²) in [7, 11) is 3.84. The van der Waals surface area contributed by atoms with Gasteiger partial charge in [-0.25, -0.2) is 4.99 Å². The molecule has 0 saturated carbocycles. The number of amidine groups is 1. The van der Waals surface area contributed by atoms with Gasteiger partial charge in [0.15, 0.2) is 5.17 Å². The highest BCUT2D eigenvalue weighted by molar-refractivity contribution is 8.14. The number of anilines is 2. The van der Waals surface area contributed by atoms with Gasteiger partial charge in [0.05, 0.1) is 12.8 Å². The van der Waals surface area contributed by atoms with Crippen LogP contribution in [0.2, 0.25) is 0 Å². The van der Waals surface area contributed by atoms with E-state index in [2.05, 4.69) is 72.0 Å². The van der Waals surface area contributed by atoms with Gasteiger partial charge in [0.2, 0.25) is 0 Å². The highest BCUT2D eigenvalue weighted by Gasteiger charge is 2.33. The summed E-state index contributed by atoms with van der Waals surface area (Å²) in [5, 5.41) is 1.11. The van der Waals surface area contributed by atoms with Crippen molar-refractivity contribution in [2.45, 2.75) is 19.4 Å². The summed E-state index contributed by atoms with van der Waals surface area (Å²) in [5.74, 6) is 1.99. The second kappa shape index (κ2) is 8.19. The Labute approximate surface area is 178 Å². The number of aliphatic imine (C=N–C) groups is 1. The number of ether oxygens (including phenoxy) is 1. The third-order valence-electron chi connectivity index (χ3n) is 5.91. The van der Waals surface area contributed by atoms with E-state index < -0.39 is 0 Å². The van der Waals surface area contributed by atoms with Crippen molar-refractivity contribution in [3.63, 3.8) is 0 Å². The molecule has 29 heavy (non-hydrogen) atoms. The molecule has 2 heterocycles. The van der Waals surface area contributed by atoms with Crippen LogP contribution in [0.25, 0.3) is 0 Å². The number of rotatable bonds is 4. The van der Waals surface area contributed by atoms with Gasteiger partial charge in [-0.3, -0.25) is 0 Å². The van der Waals surface area contributed by atoms with E-state index in [-0.39, 0.29) is 5.54 Å². The van der Waals surface area contributed by atoms with Gasteiger partial charge in [-0.2, -0.15) is 0 Å². The quantitative estimate of drug-likeness (QED) is 0.743. The van der Waals surface area contributed by atoms with Crippen LogP contribution in [0.1, 0.15) is 13.8 Å². The first-order valence-corrected chi connectivity index (χ1v) is 11.1. The first-order chi connectivity index (χ1) is 14.0. The van der Waals surface area contributed by atoms with Crippen LogP contribution in [0.3, 0.4) is 0 Å². The van der Waals surface area contributed by atoms with Crippen molar-refractivity contribution in [1.29, 1.82) is 0 Å². The van der Waals surface area contributed by atoms with Crippen LogP contribution in [0.4, 0.5) is 17.1 Å². The third kappa shape index (κ3) is 4.32. The number of hydrogen-bond donors (Lipinski definition) is 0. The lowest BCUT2D eigenvalue weighted by Crippen LogP contribution is -2.46. The SMILES string of the molecule is COc1ccc(N2CCN(c3ccc(N=C4SCC(C)(C)N4C)cc3)CC2)cc1. The Bertz CT molecular complexity index is 855. The van der Waals surface area contributed by atoms with Crippen molar-refractivity contribution >= 4 is 34.0 Å². The normalized spacial score (nSPS) is 20.4. The zero-order valence-electron chi connectivity index (χ0n) is 17.8. The molecule has 0 radical (unpaired) electrons. The van der Waals surface area contributed by atoms with E-state index in [0.29, 0.717) is 0 Å². The molecule has 2 aliphatic rings. The largest absolute Gasteiger partial charge is 0.497 e. The fourth-order valence-corrected chi connectivity index (χ4v) is 4.95. The number of methoxy groups -OCH3 is 1. The Morgan fingerprint density at radius 1 is 0.862 bits per heavy atom. The van der Waals surface area contributed by atoms with Crippen LogP contribution in [-0.2, 0) is 0 Å². The fourth-order valence-electron chi connectivity index (χ4n) is 3.67. The molecule has 0 atom stereocenters. The maximum atomic E-state index is 5.26. The first-order valence-electron chi connectivity index (χ1n) is 10.2. The lowest BCUT2D eigenvalue weighted by molar-refractivity contribution is 0.304. The van der Waals surface area contributed by atoms with Gasteiger partial charge in [0.1, 0.15) is 5.75 Å². The highest BCUT2D eigenvalue weighted by atomic mass is 32.2. The van der Waals surface area contributed by atoms with Crippen LogP contribution in [0.5, 0.6) is 5.75 Å². The Kier molecular flexibility index (Phi) is 5.63. The van der Waals surface area contributed by atoms with Crippen molar-refractivity contribution in [2.24, 2.45) is 4.99 Å². The van der Waals surface area contributed by atoms with Gasteiger partial charge in [0, 0.05) is 55.9 Å². The number of hydrogen-bond acceptors (Lipinski definition) is 5. The van der Waals surface area contributed by atoms with E-state index in [0.717, 1.165) is 48.5 Å². The molecule has 0 spiro atoms. The van der Waals surface area contributed by atoms with Gasteiger partial charge in [0.25, 0.3) is 0 Å². The summed E-state index contributed by atoms with van der Waals surface area (Å²) in [6.45, 7) is 8.60. The first kappa shape index (κ1) is 20.0. The molecule has 2 aromatic carbocycles. The van der Waals surface area contributed by atoms with Gasteiger partial charge >= 0.3 is 0 Å². The molecule has 0 N–H and O–H groups in total. The van der Waals surface area contributed by atoms with Crippen LogP contribution >= 0.6 is 11.8 Å². The number of thioether (sulfide) groups is 1. The molecule has 2 saturated heterocycles. The molecule has 0 aliphatic carbocycles. The zero-order valence-corrected chi connectivity index (χ0v) is 18.6. The summed E-state index contributed by atoms with van der Waals surface area (Å²) in [4.78, 5) is 12.0. The maximum Gasteiger partial charge on any atom is 0.164 e. The van der Waals surface area contributed by atoms with E-state index in [1.807, 2.05) is 23.9 Å². The maximum absolute atomic E-state index is 5.26. The molecule has 0 aromatic heterocycles. The Balaban J connectivity index is 1.37. The fraction of sp³-hybridized carbons (Fsp3) is 0.435. The van der Waals surface area contributed by atoms with E-state index in [1.54, 1.807) is 7.11 Å². The van der Waals surface area contributed by atoms with E-state index in [1.165, 1.54) is 11.4 Å². The Morgan fingerprint density at radius 3 is 1.83 bits per heavy atom. The molecule has 5 nitrogen and oxygen atoms in total. The summed E-state index contributed by atoms with van der Waals surface area (Å²) in [6, 6.07) is 17.0. The predicted molar refractivity (Wildman–Crippen MR) is 125 cm³/mol. The minimum Gasteiger partial charge on any atom is -0.497 e. The standard InChI is InChI=1S/C23H30N4OS/c1-23(2)17-29-22(25(23)3)24-18-5-7-19(8-6-18)26-13-15-27(16-14-26)20-9-11-21(28-4)12-10-20/h5-12H,13-17H2,1-4H3. The number of piperazine rings is 1. The average molecular weight is 411 g/mol. The van der Waals surface area contributed by atoms with Crippen molar-refractivity contribution in [2.75, 3.05) is 55.9 Å². The molecule has 154 valence electrons. The van der Waals surface area contributed by atoms with Gasteiger partial charge in [-0.1, -0.05) is 11.8 Å². The van der Waals surface area contributed by atoms with Gasteiger partial charge in [-0.05, 0) is 62.4 Å². The van der Waals surface area contributed by atoms with Gasteiger partial charge in [-0.15, -0.1) is 0 Å². The Hall–Kier alpha value is -2.34. The predicted octanol–water partition coefficient (Wildman–Crippen LogP) is 4.47. The van der Waals surface area contributed by atoms with Crippen molar-refractivity contribution < 1.29 is 4.74 Å². The second-order valence-corrected chi connectivity index (χ2v) is 9.19. The molecule has 6 heteroatoms. The van der Waals surface area contributed by atoms with Crippen molar-refractivity contribution in [3.05, 3.63) is 48.5 Å². The molecule has 0 bridgehead atoms. The minimum absolute atomic E-state index is 0.174. The molecule has 4 rings (SSSR count).